The summed E-state index contributed by atoms with van der Waals surface area (Å²) in [6.07, 6.45) is 4.54. The quantitative estimate of drug-likeness (QED) is 0.649. The van der Waals surface area contributed by atoms with Gasteiger partial charge in [0.2, 0.25) is 10.8 Å². The fraction of sp³-hybridized carbons (Fsp3) is 0.333. The number of methoxy groups -OCH3 is 2. The molecule has 0 saturated heterocycles. The number of hydrogen-bond acceptors (Lipinski definition) is 9. The Bertz CT molecular complexity index is 949. The highest BCUT2D eigenvalue weighted by molar-refractivity contribution is 6.03. The highest BCUT2D eigenvalue weighted by Crippen LogP contribution is 2.55. The summed E-state index contributed by atoms with van der Waals surface area (Å²) in [6, 6.07) is 5.57. The Kier molecular flexibility index (Phi) is 4.76. The van der Waals surface area contributed by atoms with Crippen molar-refractivity contribution in [1.29, 1.82) is 21.0 Å². The van der Waals surface area contributed by atoms with Gasteiger partial charge in [0, 0.05) is 5.70 Å². The van der Waals surface area contributed by atoms with Crippen molar-refractivity contribution >= 4 is 11.9 Å². The van der Waals surface area contributed by atoms with Crippen LogP contribution < -0.4 is 0 Å². The van der Waals surface area contributed by atoms with Gasteiger partial charge in [0.1, 0.15) is 11.3 Å². The predicted molar refractivity (Wildman–Crippen MR) is 86.9 cm³/mol. The second-order valence-electron chi connectivity index (χ2n) is 5.72. The van der Waals surface area contributed by atoms with Crippen molar-refractivity contribution < 1.29 is 19.1 Å². The standard InChI is InChI=1S/C18H13N5O4/c1-11-5-4-6-12-17(7-19,8-20)18(9-21,10-22)13(15(24)26-2)14(23(11)12)16(25)27-3/h4-6,12H,1-3H3. The number of carbonyl (C=O) groups is 2. The first kappa shape index (κ1) is 19.2. The molecule has 27 heavy (non-hydrogen) atoms. The second-order valence-corrected chi connectivity index (χ2v) is 5.72. The summed E-state index contributed by atoms with van der Waals surface area (Å²) < 4.78 is 9.43. The third kappa shape index (κ3) is 2.20. The van der Waals surface area contributed by atoms with E-state index in [2.05, 4.69) is 4.74 Å². The van der Waals surface area contributed by atoms with E-state index in [1.165, 1.54) is 17.1 Å². The highest BCUT2D eigenvalue weighted by atomic mass is 16.5. The molecule has 0 aromatic heterocycles. The van der Waals surface area contributed by atoms with E-state index in [0.717, 1.165) is 14.2 Å². The number of hydrogen-bond donors (Lipinski definition) is 0. The Morgan fingerprint density at radius 3 is 2.04 bits per heavy atom. The zero-order valence-electron chi connectivity index (χ0n) is 14.7. The molecule has 2 heterocycles. The van der Waals surface area contributed by atoms with Gasteiger partial charge in [-0.25, -0.2) is 9.59 Å². The summed E-state index contributed by atoms with van der Waals surface area (Å²) in [5, 5.41) is 39.5. The lowest BCUT2D eigenvalue weighted by Gasteiger charge is -2.49. The maximum atomic E-state index is 12.6. The first-order chi connectivity index (χ1) is 12.8. The fourth-order valence-electron chi connectivity index (χ4n) is 3.34. The summed E-state index contributed by atoms with van der Waals surface area (Å²) >= 11 is 0. The van der Waals surface area contributed by atoms with Gasteiger partial charge in [0.25, 0.3) is 0 Å². The summed E-state index contributed by atoms with van der Waals surface area (Å²) in [7, 11) is 2.06. The maximum Gasteiger partial charge on any atom is 0.355 e. The van der Waals surface area contributed by atoms with Crippen LogP contribution in [0.5, 0.6) is 0 Å². The lowest BCUT2D eigenvalue weighted by Crippen LogP contribution is -2.60. The Morgan fingerprint density at radius 2 is 1.59 bits per heavy atom. The minimum atomic E-state index is -2.59. The summed E-state index contributed by atoms with van der Waals surface area (Å²) in [4.78, 5) is 26.3. The third-order valence-electron chi connectivity index (χ3n) is 4.63. The van der Waals surface area contributed by atoms with Crippen LogP contribution in [0.15, 0.2) is 35.2 Å². The van der Waals surface area contributed by atoms with Crippen LogP contribution in [0.1, 0.15) is 6.92 Å². The van der Waals surface area contributed by atoms with E-state index in [1.54, 1.807) is 37.3 Å². The molecule has 0 saturated carbocycles. The van der Waals surface area contributed by atoms with Gasteiger partial charge in [-0.2, -0.15) is 21.0 Å². The molecule has 134 valence electrons. The van der Waals surface area contributed by atoms with Gasteiger partial charge in [0.15, 0.2) is 0 Å². The molecule has 1 unspecified atom stereocenters. The summed E-state index contributed by atoms with van der Waals surface area (Å²) in [6.45, 7) is 1.58. The number of nitriles is 4. The Hall–Kier alpha value is -4.08. The van der Waals surface area contributed by atoms with Crippen molar-refractivity contribution in [3.05, 3.63) is 35.2 Å². The molecule has 2 rings (SSSR count). The molecule has 9 nitrogen and oxygen atoms in total. The molecule has 0 spiro atoms. The van der Waals surface area contributed by atoms with Gasteiger partial charge < -0.3 is 14.4 Å². The molecule has 0 aromatic carbocycles. The zero-order chi connectivity index (χ0) is 20.4. The molecule has 1 atom stereocenters. The molecule has 0 amide bonds. The summed E-state index contributed by atoms with van der Waals surface area (Å²) in [5.41, 5.74) is -5.62. The Labute approximate surface area is 155 Å². The van der Waals surface area contributed by atoms with Gasteiger partial charge in [-0.05, 0) is 13.0 Å². The zero-order valence-corrected chi connectivity index (χ0v) is 14.7. The first-order valence-corrected chi connectivity index (χ1v) is 7.56. The molecule has 0 radical (unpaired) electrons. The molecular formula is C18H13N5O4. The number of rotatable bonds is 2. The number of allylic oxidation sites excluding steroid dienone is 3. The Morgan fingerprint density at radius 1 is 1.04 bits per heavy atom. The molecule has 2 aliphatic rings. The van der Waals surface area contributed by atoms with Crippen molar-refractivity contribution in [2.24, 2.45) is 10.8 Å². The van der Waals surface area contributed by atoms with E-state index in [0.29, 0.717) is 5.70 Å². The van der Waals surface area contributed by atoms with Crippen molar-refractivity contribution in [1.82, 2.24) is 4.90 Å². The number of fused-ring (bicyclic) bond motifs is 1. The molecule has 0 fully saturated rings. The second kappa shape index (κ2) is 6.67. The first-order valence-electron chi connectivity index (χ1n) is 7.56. The third-order valence-corrected chi connectivity index (χ3v) is 4.63. The monoisotopic (exact) mass is 363 g/mol. The maximum absolute atomic E-state index is 12.6. The van der Waals surface area contributed by atoms with Gasteiger partial charge >= 0.3 is 11.9 Å². The molecule has 2 aliphatic heterocycles. The van der Waals surface area contributed by atoms with E-state index in [4.69, 9.17) is 4.74 Å². The van der Waals surface area contributed by atoms with Crippen molar-refractivity contribution in [2.45, 2.75) is 13.0 Å². The number of ether oxygens (including phenoxy) is 2. The molecular weight excluding hydrogens is 350 g/mol. The van der Waals surface area contributed by atoms with E-state index in [-0.39, 0.29) is 0 Å². The lowest BCUT2D eigenvalue weighted by molar-refractivity contribution is -0.143. The fourth-order valence-corrected chi connectivity index (χ4v) is 3.34. The van der Waals surface area contributed by atoms with Crippen LogP contribution in [0.4, 0.5) is 0 Å². The van der Waals surface area contributed by atoms with Gasteiger partial charge in [-0.3, -0.25) is 0 Å². The SMILES string of the molecule is COC(=O)C1=C(C(=O)OC)C(C#N)(C#N)C(C#N)(C#N)C2C=CC=C(C)N12. The van der Waals surface area contributed by atoms with E-state index >= 15 is 0 Å². The van der Waals surface area contributed by atoms with Crippen molar-refractivity contribution in [3.63, 3.8) is 0 Å². The topological polar surface area (TPSA) is 151 Å². The van der Waals surface area contributed by atoms with Crippen molar-refractivity contribution in [2.75, 3.05) is 14.2 Å². The van der Waals surface area contributed by atoms with Crippen LogP contribution in [0, 0.1) is 56.2 Å². The van der Waals surface area contributed by atoms with Crippen LogP contribution in [0.3, 0.4) is 0 Å². The average Bonchev–Trinajstić information content (AvgIpc) is 2.70. The van der Waals surface area contributed by atoms with Crippen LogP contribution in [0.25, 0.3) is 0 Å². The smallest absolute Gasteiger partial charge is 0.355 e. The summed E-state index contributed by atoms with van der Waals surface area (Å²) in [5.74, 6) is -2.20. The average molecular weight is 363 g/mol. The highest BCUT2D eigenvalue weighted by Gasteiger charge is 2.69. The van der Waals surface area contributed by atoms with E-state index < -0.39 is 40.1 Å². The van der Waals surface area contributed by atoms with E-state index in [1.807, 2.05) is 0 Å². The van der Waals surface area contributed by atoms with Crippen LogP contribution in [-0.2, 0) is 19.1 Å². The van der Waals surface area contributed by atoms with Crippen LogP contribution in [0.2, 0.25) is 0 Å². The van der Waals surface area contributed by atoms with Crippen molar-refractivity contribution in [3.8, 4) is 24.3 Å². The molecule has 0 aromatic rings. The number of nitrogens with zero attached hydrogens (tertiary/aromatic N) is 5. The molecule has 0 aliphatic carbocycles. The minimum Gasteiger partial charge on any atom is -0.466 e. The van der Waals surface area contributed by atoms with Gasteiger partial charge in [-0.1, -0.05) is 12.2 Å². The number of carbonyl (C=O) groups excluding carboxylic acids is 2. The predicted octanol–water partition coefficient (Wildman–Crippen LogP) is 0.811. The molecule has 0 bridgehead atoms. The molecule has 0 N–H and O–H groups in total. The van der Waals surface area contributed by atoms with Gasteiger partial charge in [-0.15, -0.1) is 0 Å². The molecule has 9 heteroatoms. The largest absolute Gasteiger partial charge is 0.466 e. The van der Waals surface area contributed by atoms with Crippen LogP contribution in [-0.4, -0.2) is 37.1 Å². The normalized spacial score (nSPS) is 21.4. The number of esters is 2. The lowest BCUT2D eigenvalue weighted by atomic mass is 9.55. The van der Waals surface area contributed by atoms with Gasteiger partial charge in [0.05, 0.1) is 44.5 Å². The minimum absolute atomic E-state index is 0.406. The van der Waals surface area contributed by atoms with Crippen LogP contribution >= 0.6 is 0 Å². The Balaban J connectivity index is 3.16. The van der Waals surface area contributed by atoms with E-state index in [9.17, 15) is 30.6 Å².